The molecule has 3 saturated carbocycles. The lowest BCUT2D eigenvalue weighted by Gasteiger charge is -2.49. The van der Waals surface area contributed by atoms with Gasteiger partial charge >= 0.3 is 0 Å². The average Bonchev–Trinajstić information content (AvgIpc) is 2.35. The van der Waals surface area contributed by atoms with Crippen LogP contribution in [0.15, 0.2) is 0 Å². The zero-order valence-corrected chi connectivity index (χ0v) is 12.5. The van der Waals surface area contributed by atoms with Gasteiger partial charge in [0.1, 0.15) is 5.78 Å². The van der Waals surface area contributed by atoms with Gasteiger partial charge in [0.15, 0.2) is 0 Å². The molecule has 1 nitrogen and oxygen atoms in total. The van der Waals surface area contributed by atoms with Crippen LogP contribution < -0.4 is 0 Å². The molecule has 0 saturated heterocycles. The molecule has 4 heteroatoms. The first-order valence-electron chi connectivity index (χ1n) is 4.97. The van der Waals surface area contributed by atoms with Gasteiger partial charge in [0.2, 0.25) is 0 Å². The Bertz CT molecular complexity index is 232. The van der Waals surface area contributed by atoms with E-state index in [1.165, 1.54) is 0 Å². The van der Waals surface area contributed by atoms with Gasteiger partial charge in [-0.25, -0.2) is 0 Å². The predicted octanol–water partition coefficient (Wildman–Crippen LogP) is 3.38. The Morgan fingerprint density at radius 1 is 1.14 bits per heavy atom. The molecule has 3 unspecified atom stereocenters. The van der Waals surface area contributed by atoms with Crippen molar-refractivity contribution in [3.63, 3.8) is 0 Å². The number of rotatable bonds is 2. The molecule has 2 bridgehead atoms. The second-order valence-electron chi connectivity index (χ2n) is 4.34. The second-order valence-corrected chi connectivity index (χ2v) is 6.74. The van der Waals surface area contributed by atoms with Crippen LogP contribution in [-0.2, 0) is 4.79 Å². The van der Waals surface area contributed by atoms with Crippen LogP contribution in [0.4, 0.5) is 0 Å². The smallest absolute Gasteiger partial charge is 0.146 e. The highest BCUT2D eigenvalue weighted by Crippen LogP contribution is 2.54. The van der Waals surface area contributed by atoms with Crippen molar-refractivity contribution in [3.05, 3.63) is 0 Å². The lowest BCUT2D eigenvalue weighted by molar-refractivity contribution is -0.119. The first kappa shape index (κ1) is 11.6. The molecule has 3 fully saturated rings. The molecule has 14 heavy (non-hydrogen) atoms. The van der Waals surface area contributed by atoms with E-state index in [9.17, 15) is 4.79 Å². The Kier molecular flexibility index (Phi) is 3.76. The molecule has 0 radical (unpaired) electrons. The van der Waals surface area contributed by atoms with Crippen LogP contribution in [0.1, 0.15) is 12.8 Å². The number of carbonyl (C=O) groups is 1. The molecule has 0 N–H and O–H groups in total. The van der Waals surface area contributed by atoms with Crippen molar-refractivity contribution < 1.29 is 4.79 Å². The van der Waals surface area contributed by atoms with Crippen molar-refractivity contribution in [2.24, 2.45) is 23.7 Å². The molecule has 3 atom stereocenters. The maximum atomic E-state index is 11.7. The minimum Gasteiger partial charge on any atom is -0.298 e. The van der Waals surface area contributed by atoms with Crippen molar-refractivity contribution in [1.82, 2.24) is 0 Å². The topological polar surface area (TPSA) is 17.1 Å². The van der Waals surface area contributed by atoms with E-state index in [-0.39, 0.29) is 4.83 Å². The lowest BCUT2D eigenvalue weighted by atomic mass is 9.57. The summed E-state index contributed by atoms with van der Waals surface area (Å²) in [6.45, 7) is 0. The Labute approximate surface area is 110 Å². The minimum absolute atomic E-state index is 0.114. The molecule has 3 aliphatic rings. The summed E-state index contributed by atoms with van der Waals surface area (Å²) in [5.74, 6) is 3.21. The Balaban J connectivity index is 2.16. The molecule has 0 heterocycles. The molecule has 0 aromatic rings. The van der Waals surface area contributed by atoms with Crippen molar-refractivity contribution in [1.29, 1.82) is 0 Å². The van der Waals surface area contributed by atoms with Crippen LogP contribution in [0.25, 0.3) is 0 Å². The van der Waals surface area contributed by atoms with E-state index in [0.29, 0.717) is 11.7 Å². The van der Waals surface area contributed by atoms with Crippen molar-refractivity contribution in [3.8, 4) is 0 Å². The minimum atomic E-state index is 0.114. The van der Waals surface area contributed by atoms with Crippen LogP contribution in [0, 0.1) is 23.7 Å². The van der Waals surface area contributed by atoms with Crippen LogP contribution in [-0.4, -0.2) is 21.3 Å². The molecule has 3 aliphatic carbocycles. The zero-order chi connectivity index (χ0) is 10.3. The van der Waals surface area contributed by atoms with E-state index in [1.54, 1.807) is 0 Å². The number of ketones is 1. The summed E-state index contributed by atoms with van der Waals surface area (Å²) in [5, 5.41) is 2.11. The molecule has 0 aromatic heterocycles. The van der Waals surface area contributed by atoms with Gasteiger partial charge in [-0.05, 0) is 30.1 Å². The van der Waals surface area contributed by atoms with Gasteiger partial charge in [-0.1, -0.05) is 47.8 Å². The Hall–Kier alpha value is 1.11. The third-order valence-electron chi connectivity index (χ3n) is 3.82. The van der Waals surface area contributed by atoms with Crippen molar-refractivity contribution >= 4 is 53.6 Å². The number of hydrogen-bond acceptors (Lipinski definition) is 1. The van der Waals surface area contributed by atoms with E-state index in [2.05, 4.69) is 47.8 Å². The zero-order valence-electron chi connectivity index (χ0n) is 7.76. The normalized spacial score (nSPS) is 47.1. The summed E-state index contributed by atoms with van der Waals surface area (Å²) >= 11 is 10.6. The SMILES string of the molecule is O=C1CC2C(CBr)C(CC1Br)C2CBr. The Morgan fingerprint density at radius 2 is 1.71 bits per heavy atom. The molecule has 0 aliphatic heterocycles. The third kappa shape index (κ3) is 1.75. The van der Waals surface area contributed by atoms with E-state index in [1.807, 2.05) is 0 Å². The fourth-order valence-corrected chi connectivity index (χ4v) is 5.50. The summed E-state index contributed by atoms with van der Waals surface area (Å²) in [4.78, 5) is 11.8. The second kappa shape index (κ2) is 4.54. The number of alkyl halides is 3. The first-order chi connectivity index (χ1) is 6.69. The first-order valence-corrected chi connectivity index (χ1v) is 8.13. The molecular weight excluding hydrogens is 376 g/mol. The summed E-state index contributed by atoms with van der Waals surface area (Å²) in [6.07, 6.45) is 1.81. The number of Topliss-reactive ketones (excluding diaryl/α,β-unsaturated/α-hetero) is 1. The number of halogens is 3. The van der Waals surface area contributed by atoms with Gasteiger partial charge in [0.05, 0.1) is 4.83 Å². The van der Waals surface area contributed by atoms with Crippen molar-refractivity contribution in [2.75, 3.05) is 10.7 Å². The largest absolute Gasteiger partial charge is 0.298 e. The van der Waals surface area contributed by atoms with Crippen LogP contribution in [0.3, 0.4) is 0 Å². The lowest BCUT2D eigenvalue weighted by Crippen LogP contribution is -2.47. The standard InChI is InChI=1S/C10H13Br3O/c11-3-7-5-1-9(13)10(14)2-6(7)8(5)4-12/h5-9H,1-4H2. The van der Waals surface area contributed by atoms with Gasteiger partial charge in [-0.15, -0.1) is 0 Å². The summed E-state index contributed by atoms with van der Waals surface area (Å²) in [5.41, 5.74) is 0. The molecule has 0 spiro atoms. The highest BCUT2D eigenvalue weighted by molar-refractivity contribution is 9.10. The van der Waals surface area contributed by atoms with E-state index < -0.39 is 0 Å². The van der Waals surface area contributed by atoms with Gasteiger partial charge in [0.25, 0.3) is 0 Å². The van der Waals surface area contributed by atoms with Gasteiger partial charge in [0, 0.05) is 17.1 Å². The summed E-state index contributed by atoms with van der Waals surface area (Å²) in [7, 11) is 0. The van der Waals surface area contributed by atoms with Gasteiger partial charge in [-0.3, -0.25) is 4.79 Å². The van der Waals surface area contributed by atoms with Gasteiger partial charge < -0.3 is 0 Å². The van der Waals surface area contributed by atoms with Crippen LogP contribution in [0.5, 0.6) is 0 Å². The maximum Gasteiger partial charge on any atom is 0.146 e. The predicted molar refractivity (Wildman–Crippen MR) is 68.5 cm³/mol. The third-order valence-corrected chi connectivity index (χ3v) is 6.20. The molecule has 0 aromatic carbocycles. The number of fused-ring (bicyclic) bond motifs is 3. The molecule has 80 valence electrons. The van der Waals surface area contributed by atoms with Gasteiger partial charge in [-0.2, -0.15) is 0 Å². The number of carbonyl (C=O) groups excluding carboxylic acids is 1. The quantitative estimate of drug-likeness (QED) is 0.663. The van der Waals surface area contributed by atoms with Crippen molar-refractivity contribution in [2.45, 2.75) is 17.7 Å². The molecule has 0 amide bonds. The fourth-order valence-electron chi connectivity index (χ4n) is 2.97. The maximum absolute atomic E-state index is 11.7. The van der Waals surface area contributed by atoms with E-state index in [4.69, 9.17) is 0 Å². The Morgan fingerprint density at radius 3 is 2.21 bits per heavy atom. The fraction of sp³-hybridized carbons (Fsp3) is 0.900. The highest BCUT2D eigenvalue weighted by atomic mass is 79.9. The number of hydrogen-bond donors (Lipinski definition) is 0. The highest BCUT2D eigenvalue weighted by Gasteiger charge is 2.52. The van der Waals surface area contributed by atoms with Crippen LogP contribution >= 0.6 is 47.8 Å². The monoisotopic (exact) mass is 386 g/mol. The van der Waals surface area contributed by atoms with E-state index in [0.717, 1.165) is 41.3 Å². The van der Waals surface area contributed by atoms with E-state index >= 15 is 0 Å². The summed E-state index contributed by atoms with van der Waals surface area (Å²) in [6, 6.07) is 0. The summed E-state index contributed by atoms with van der Waals surface area (Å²) < 4.78 is 0. The average molecular weight is 389 g/mol. The van der Waals surface area contributed by atoms with Crippen LogP contribution in [0.2, 0.25) is 0 Å². The molecular formula is C10H13Br3O. The molecule has 3 rings (SSSR count).